The molecule has 0 spiro atoms. The molecule has 0 unspecified atom stereocenters. The van der Waals surface area contributed by atoms with Crippen molar-refractivity contribution in [1.29, 1.82) is 0 Å². The topological polar surface area (TPSA) is 55.1 Å². The van der Waals surface area contributed by atoms with Gasteiger partial charge in [-0.15, -0.1) is 0 Å². The van der Waals surface area contributed by atoms with Gasteiger partial charge in [0.1, 0.15) is 5.82 Å². The van der Waals surface area contributed by atoms with E-state index in [0.717, 1.165) is 5.56 Å². The molecule has 3 nitrogen and oxygen atoms in total. The number of nitrogen functional groups attached to an aromatic ring is 1. The number of amides is 1. The van der Waals surface area contributed by atoms with Crippen LogP contribution in [-0.4, -0.2) is 5.91 Å². The number of anilines is 1. The lowest BCUT2D eigenvalue weighted by Gasteiger charge is -2.07. The molecule has 0 saturated heterocycles. The molecule has 19 heavy (non-hydrogen) atoms. The van der Waals surface area contributed by atoms with Gasteiger partial charge in [0.15, 0.2) is 0 Å². The normalized spacial score (nSPS) is 10.2. The van der Waals surface area contributed by atoms with E-state index in [1.807, 2.05) is 0 Å². The number of benzene rings is 2. The lowest BCUT2D eigenvalue weighted by Crippen LogP contribution is -2.22. The maximum Gasteiger partial charge on any atom is 0.251 e. The molecular weight excluding hydrogens is 243 g/mol. The molecule has 0 radical (unpaired) electrons. The molecule has 3 N–H and O–H groups in total. The Hall–Kier alpha value is -2.36. The van der Waals surface area contributed by atoms with Crippen LogP contribution in [0.3, 0.4) is 0 Å². The molecule has 2 aromatic rings. The molecule has 0 aliphatic carbocycles. The number of hydrogen-bond acceptors (Lipinski definition) is 2. The Morgan fingerprint density at radius 1 is 1.26 bits per heavy atom. The molecular formula is C15H15FN2O. The highest BCUT2D eigenvalue weighted by atomic mass is 19.1. The van der Waals surface area contributed by atoms with E-state index in [0.29, 0.717) is 16.8 Å². The molecule has 0 bridgehead atoms. The monoisotopic (exact) mass is 258 g/mol. The van der Waals surface area contributed by atoms with Crippen molar-refractivity contribution >= 4 is 11.6 Å². The van der Waals surface area contributed by atoms with Crippen molar-refractivity contribution in [3.8, 4) is 0 Å². The van der Waals surface area contributed by atoms with E-state index in [4.69, 9.17) is 5.73 Å². The number of carbonyl (C=O) groups is 1. The smallest absolute Gasteiger partial charge is 0.251 e. The number of aryl methyl sites for hydroxylation is 1. The van der Waals surface area contributed by atoms with Crippen LogP contribution in [0.4, 0.5) is 10.1 Å². The van der Waals surface area contributed by atoms with E-state index in [2.05, 4.69) is 5.32 Å². The lowest BCUT2D eigenvalue weighted by atomic mass is 10.1. The van der Waals surface area contributed by atoms with Crippen molar-refractivity contribution in [1.82, 2.24) is 5.32 Å². The average Bonchev–Trinajstić information content (AvgIpc) is 2.40. The van der Waals surface area contributed by atoms with E-state index in [1.54, 1.807) is 43.3 Å². The largest absolute Gasteiger partial charge is 0.399 e. The van der Waals surface area contributed by atoms with Crippen molar-refractivity contribution in [2.24, 2.45) is 0 Å². The number of nitrogens with two attached hydrogens (primary N) is 1. The summed E-state index contributed by atoms with van der Waals surface area (Å²) < 4.78 is 13.4. The van der Waals surface area contributed by atoms with E-state index in [9.17, 15) is 9.18 Å². The van der Waals surface area contributed by atoms with Crippen LogP contribution >= 0.6 is 0 Å². The van der Waals surface area contributed by atoms with Crippen LogP contribution in [0, 0.1) is 12.7 Å². The first kappa shape index (κ1) is 13.1. The molecule has 0 saturated carbocycles. The molecule has 0 atom stereocenters. The number of hydrogen-bond donors (Lipinski definition) is 2. The predicted octanol–water partition coefficient (Wildman–Crippen LogP) is 2.65. The zero-order chi connectivity index (χ0) is 13.8. The van der Waals surface area contributed by atoms with Gasteiger partial charge in [0.25, 0.3) is 5.91 Å². The van der Waals surface area contributed by atoms with Crippen LogP contribution in [0.25, 0.3) is 0 Å². The third-order valence-electron chi connectivity index (χ3n) is 2.84. The van der Waals surface area contributed by atoms with Gasteiger partial charge in [-0.05, 0) is 42.3 Å². The van der Waals surface area contributed by atoms with Gasteiger partial charge in [-0.2, -0.15) is 0 Å². The van der Waals surface area contributed by atoms with E-state index in [1.165, 1.54) is 6.07 Å². The fourth-order valence-corrected chi connectivity index (χ4v) is 1.71. The zero-order valence-corrected chi connectivity index (χ0v) is 10.6. The highest BCUT2D eigenvalue weighted by Gasteiger charge is 2.06. The highest BCUT2D eigenvalue weighted by Crippen LogP contribution is 2.10. The summed E-state index contributed by atoms with van der Waals surface area (Å²) in [6.07, 6.45) is 0. The van der Waals surface area contributed by atoms with Gasteiger partial charge >= 0.3 is 0 Å². The van der Waals surface area contributed by atoms with Gasteiger partial charge in [-0.25, -0.2) is 4.39 Å². The van der Waals surface area contributed by atoms with Crippen LogP contribution < -0.4 is 11.1 Å². The third kappa shape index (κ3) is 3.31. The lowest BCUT2D eigenvalue weighted by molar-refractivity contribution is 0.0951. The van der Waals surface area contributed by atoms with Gasteiger partial charge in [-0.1, -0.05) is 18.2 Å². The summed E-state index contributed by atoms with van der Waals surface area (Å²) in [5.41, 5.74) is 7.95. The first-order valence-corrected chi connectivity index (χ1v) is 5.95. The van der Waals surface area contributed by atoms with Crippen LogP contribution in [0.1, 0.15) is 21.5 Å². The summed E-state index contributed by atoms with van der Waals surface area (Å²) in [6, 6.07) is 11.6. The molecule has 0 aromatic heterocycles. The van der Waals surface area contributed by atoms with Gasteiger partial charge in [0.2, 0.25) is 0 Å². The Kier molecular flexibility index (Phi) is 3.80. The molecule has 0 aliphatic rings. The second kappa shape index (κ2) is 5.52. The van der Waals surface area contributed by atoms with Crippen LogP contribution in [0.5, 0.6) is 0 Å². The molecule has 98 valence electrons. The quantitative estimate of drug-likeness (QED) is 0.831. The molecule has 0 heterocycles. The van der Waals surface area contributed by atoms with Gasteiger partial charge in [0.05, 0.1) is 0 Å². The van der Waals surface area contributed by atoms with Crippen molar-refractivity contribution in [3.63, 3.8) is 0 Å². The highest BCUT2D eigenvalue weighted by molar-refractivity contribution is 5.94. The summed E-state index contributed by atoms with van der Waals surface area (Å²) in [5.74, 6) is -0.496. The number of carbonyl (C=O) groups excluding carboxylic acids is 1. The fourth-order valence-electron chi connectivity index (χ4n) is 1.71. The first-order chi connectivity index (χ1) is 9.06. The number of halogens is 1. The predicted molar refractivity (Wildman–Crippen MR) is 73.2 cm³/mol. The van der Waals surface area contributed by atoms with Crippen molar-refractivity contribution < 1.29 is 9.18 Å². The molecule has 4 heteroatoms. The standard InChI is InChI=1S/C15H15FN2O/c1-10-5-6-11(7-14(10)16)9-18-15(19)12-3-2-4-13(17)8-12/h2-8H,9,17H2,1H3,(H,18,19). The molecule has 0 fully saturated rings. The van der Waals surface area contributed by atoms with Crippen molar-refractivity contribution in [3.05, 3.63) is 65.0 Å². The maximum atomic E-state index is 13.4. The van der Waals surface area contributed by atoms with E-state index in [-0.39, 0.29) is 18.3 Å². The summed E-state index contributed by atoms with van der Waals surface area (Å²) in [7, 11) is 0. The zero-order valence-electron chi connectivity index (χ0n) is 10.6. The Balaban J connectivity index is 2.02. The summed E-state index contributed by atoms with van der Waals surface area (Å²) in [4.78, 5) is 11.9. The Labute approximate surface area is 111 Å². The maximum absolute atomic E-state index is 13.4. The fraction of sp³-hybridized carbons (Fsp3) is 0.133. The Morgan fingerprint density at radius 2 is 2.05 bits per heavy atom. The SMILES string of the molecule is Cc1ccc(CNC(=O)c2cccc(N)c2)cc1F. The van der Waals surface area contributed by atoms with Gasteiger partial charge in [0, 0.05) is 17.8 Å². The van der Waals surface area contributed by atoms with E-state index < -0.39 is 0 Å². The molecule has 2 rings (SSSR count). The van der Waals surface area contributed by atoms with Gasteiger partial charge in [-0.3, -0.25) is 4.79 Å². The molecule has 0 aliphatic heterocycles. The van der Waals surface area contributed by atoms with Crippen molar-refractivity contribution in [2.45, 2.75) is 13.5 Å². The Morgan fingerprint density at radius 3 is 2.74 bits per heavy atom. The Bertz CT molecular complexity index is 611. The second-order valence-electron chi connectivity index (χ2n) is 4.39. The van der Waals surface area contributed by atoms with Crippen LogP contribution in [-0.2, 0) is 6.54 Å². The summed E-state index contributed by atoms with van der Waals surface area (Å²) in [6.45, 7) is 1.98. The van der Waals surface area contributed by atoms with Crippen LogP contribution in [0.2, 0.25) is 0 Å². The first-order valence-electron chi connectivity index (χ1n) is 5.95. The second-order valence-corrected chi connectivity index (χ2v) is 4.39. The van der Waals surface area contributed by atoms with E-state index >= 15 is 0 Å². The average molecular weight is 258 g/mol. The minimum atomic E-state index is -0.268. The summed E-state index contributed by atoms with van der Waals surface area (Å²) in [5, 5.41) is 2.73. The third-order valence-corrected chi connectivity index (χ3v) is 2.84. The van der Waals surface area contributed by atoms with Crippen LogP contribution in [0.15, 0.2) is 42.5 Å². The number of rotatable bonds is 3. The summed E-state index contributed by atoms with van der Waals surface area (Å²) >= 11 is 0. The minimum absolute atomic E-state index is 0.228. The minimum Gasteiger partial charge on any atom is -0.399 e. The van der Waals surface area contributed by atoms with Gasteiger partial charge < -0.3 is 11.1 Å². The van der Waals surface area contributed by atoms with Crippen molar-refractivity contribution in [2.75, 3.05) is 5.73 Å². The molecule has 2 aromatic carbocycles. The molecule has 1 amide bonds. The number of nitrogens with one attached hydrogen (secondary N) is 1.